The van der Waals surface area contributed by atoms with Gasteiger partial charge in [-0.15, -0.1) is 0 Å². The fourth-order valence-electron chi connectivity index (χ4n) is 1.80. The zero-order valence-corrected chi connectivity index (χ0v) is 9.86. The van der Waals surface area contributed by atoms with Gasteiger partial charge in [0.05, 0.1) is 5.66 Å². The maximum absolute atomic E-state index is 5.66. The summed E-state index contributed by atoms with van der Waals surface area (Å²) in [5, 5.41) is 0. The highest BCUT2D eigenvalue weighted by Crippen LogP contribution is 2.20. The zero-order chi connectivity index (χ0) is 11.9. The number of benzene rings is 1. The van der Waals surface area contributed by atoms with Gasteiger partial charge < -0.3 is 11.5 Å². The average Bonchev–Trinajstić information content (AvgIpc) is 2.31. The lowest BCUT2D eigenvalue weighted by Gasteiger charge is -2.28. The van der Waals surface area contributed by atoms with Gasteiger partial charge in [-0.3, -0.25) is 0 Å². The maximum Gasteiger partial charge on any atom is 0.0636 e. The van der Waals surface area contributed by atoms with Gasteiger partial charge in [0.1, 0.15) is 0 Å². The molecule has 0 aliphatic heterocycles. The Kier molecular flexibility index (Phi) is 5.23. The summed E-state index contributed by atoms with van der Waals surface area (Å²) in [6, 6.07) is 10.0. The third-order valence-corrected chi connectivity index (χ3v) is 2.82. The number of rotatable bonds is 1. The van der Waals surface area contributed by atoms with Crippen LogP contribution in [0.15, 0.2) is 36.9 Å². The van der Waals surface area contributed by atoms with Crippen LogP contribution in [0.25, 0.3) is 6.08 Å². The molecule has 0 saturated heterocycles. The van der Waals surface area contributed by atoms with Crippen LogP contribution >= 0.6 is 0 Å². The molecule has 2 heteroatoms. The fraction of sp³-hybridized carbons (Fsp3) is 0.429. The van der Waals surface area contributed by atoms with Crippen molar-refractivity contribution in [1.29, 1.82) is 0 Å². The Morgan fingerprint density at radius 3 is 1.88 bits per heavy atom. The predicted molar refractivity (Wildman–Crippen MR) is 70.7 cm³/mol. The molecule has 2 rings (SSSR count). The van der Waals surface area contributed by atoms with E-state index in [0.29, 0.717) is 0 Å². The molecule has 1 fully saturated rings. The van der Waals surface area contributed by atoms with Crippen molar-refractivity contribution >= 4 is 6.08 Å². The van der Waals surface area contributed by atoms with Gasteiger partial charge in [0, 0.05) is 0 Å². The van der Waals surface area contributed by atoms with Crippen molar-refractivity contribution in [1.82, 2.24) is 0 Å². The molecule has 1 aromatic rings. The number of hydrogen-bond acceptors (Lipinski definition) is 2. The lowest BCUT2D eigenvalue weighted by molar-refractivity contribution is 0.306. The van der Waals surface area contributed by atoms with E-state index in [0.717, 1.165) is 12.8 Å². The molecule has 0 amide bonds. The van der Waals surface area contributed by atoms with Crippen molar-refractivity contribution in [3.05, 3.63) is 42.5 Å². The summed E-state index contributed by atoms with van der Waals surface area (Å²) in [6.45, 7) is 3.63. The fourth-order valence-corrected chi connectivity index (χ4v) is 1.80. The van der Waals surface area contributed by atoms with E-state index in [9.17, 15) is 0 Å². The summed E-state index contributed by atoms with van der Waals surface area (Å²) >= 11 is 0. The van der Waals surface area contributed by atoms with Crippen LogP contribution < -0.4 is 11.5 Å². The van der Waals surface area contributed by atoms with Gasteiger partial charge in [-0.2, -0.15) is 0 Å². The summed E-state index contributed by atoms with van der Waals surface area (Å²) < 4.78 is 0. The minimum absolute atomic E-state index is 0.321. The number of nitrogens with two attached hydrogens (primary N) is 2. The van der Waals surface area contributed by atoms with Crippen molar-refractivity contribution in [3.63, 3.8) is 0 Å². The highest BCUT2D eigenvalue weighted by molar-refractivity contribution is 5.45. The summed E-state index contributed by atoms with van der Waals surface area (Å²) in [7, 11) is 0. The summed E-state index contributed by atoms with van der Waals surface area (Å²) in [5.74, 6) is 0. The van der Waals surface area contributed by atoms with Crippen LogP contribution in [0, 0.1) is 0 Å². The molecule has 0 atom stereocenters. The Morgan fingerprint density at radius 2 is 1.56 bits per heavy atom. The van der Waals surface area contributed by atoms with Crippen LogP contribution in [0.2, 0.25) is 0 Å². The highest BCUT2D eigenvalue weighted by Gasteiger charge is 2.21. The van der Waals surface area contributed by atoms with Crippen LogP contribution in [0.1, 0.15) is 37.7 Å². The molecule has 2 nitrogen and oxygen atoms in total. The molecule has 16 heavy (non-hydrogen) atoms. The SMILES string of the molecule is C=Cc1ccccc1.NC1(N)CCCCC1. The quantitative estimate of drug-likeness (QED) is 0.712. The van der Waals surface area contributed by atoms with E-state index in [2.05, 4.69) is 6.58 Å². The summed E-state index contributed by atoms with van der Waals surface area (Å²) in [6.07, 6.45) is 7.59. The molecule has 0 aromatic heterocycles. The predicted octanol–water partition coefficient (Wildman–Crippen LogP) is 2.89. The van der Waals surface area contributed by atoms with Crippen LogP contribution in [0.5, 0.6) is 0 Å². The molecule has 0 unspecified atom stereocenters. The van der Waals surface area contributed by atoms with E-state index in [1.165, 1.54) is 24.8 Å². The first-order valence-corrected chi connectivity index (χ1v) is 5.89. The van der Waals surface area contributed by atoms with Gasteiger partial charge in [-0.05, 0) is 18.4 Å². The Morgan fingerprint density at radius 1 is 1.00 bits per heavy atom. The van der Waals surface area contributed by atoms with Gasteiger partial charge in [0.15, 0.2) is 0 Å². The van der Waals surface area contributed by atoms with E-state index in [-0.39, 0.29) is 5.66 Å². The molecule has 1 aliphatic rings. The molecular formula is C14H22N2. The summed E-state index contributed by atoms with van der Waals surface area (Å²) in [5.41, 5.74) is 12.2. The van der Waals surface area contributed by atoms with E-state index in [4.69, 9.17) is 11.5 Å². The van der Waals surface area contributed by atoms with Crippen molar-refractivity contribution in [3.8, 4) is 0 Å². The van der Waals surface area contributed by atoms with Crippen molar-refractivity contribution in [2.24, 2.45) is 11.5 Å². The van der Waals surface area contributed by atoms with Crippen molar-refractivity contribution < 1.29 is 0 Å². The molecular weight excluding hydrogens is 196 g/mol. The average molecular weight is 218 g/mol. The molecule has 1 aromatic carbocycles. The second-order valence-electron chi connectivity index (χ2n) is 4.41. The normalized spacial score (nSPS) is 18.1. The minimum Gasteiger partial charge on any atom is -0.313 e. The smallest absolute Gasteiger partial charge is 0.0636 e. The van der Waals surface area contributed by atoms with Crippen LogP contribution in [0.4, 0.5) is 0 Å². The molecule has 88 valence electrons. The molecule has 1 aliphatic carbocycles. The van der Waals surface area contributed by atoms with Gasteiger partial charge in [-0.25, -0.2) is 0 Å². The van der Waals surface area contributed by atoms with E-state index < -0.39 is 0 Å². The van der Waals surface area contributed by atoms with Crippen molar-refractivity contribution in [2.45, 2.75) is 37.8 Å². The topological polar surface area (TPSA) is 52.0 Å². The Balaban J connectivity index is 0.000000160. The minimum atomic E-state index is -0.321. The molecule has 0 radical (unpaired) electrons. The Bertz CT molecular complexity index is 296. The molecule has 1 saturated carbocycles. The maximum atomic E-state index is 5.66. The van der Waals surface area contributed by atoms with E-state index in [1.807, 2.05) is 36.4 Å². The summed E-state index contributed by atoms with van der Waals surface area (Å²) in [4.78, 5) is 0. The third kappa shape index (κ3) is 5.10. The van der Waals surface area contributed by atoms with Gasteiger partial charge in [-0.1, -0.05) is 62.2 Å². The van der Waals surface area contributed by atoms with E-state index >= 15 is 0 Å². The van der Waals surface area contributed by atoms with Crippen molar-refractivity contribution in [2.75, 3.05) is 0 Å². The lowest BCUT2D eigenvalue weighted by Crippen LogP contribution is -2.50. The monoisotopic (exact) mass is 218 g/mol. The third-order valence-electron chi connectivity index (χ3n) is 2.82. The zero-order valence-electron chi connectivity index (χ0n) is 9.86. The largest absolute Gasteiger partial charge is 0.313 e. The van der Waals surface area contributed by atoms with Gasteiger partial charge >= 0.3 is 0 Å². The molecule has 0 bridgehead atoms. The first kappa shape index (κ1) is 12.9. The molecule has 0 heterocycles. The first-order chi connectivity index (χ1) is 7.64. The van der Waals surface area contributed by atoms with Crippen LogP contribution in [-0.2, 0) is 0 Å². The van der Waals surface area contributed by atoms with Gasteiger partial charge in [0.25, 0.3) is 0 Å². The molecule has 4 N–H and O–H groups in total. The standard InChI is InChI=1S/C8H8.C6H14N2/c1-2-8-6-4-3-5-7-8;7-6(8)4-2-1-3-5-6/h2-7H,1H2;1-5,7-8H2. The van der Waals surface area contributed by atoms with Crippen LogP contribution in [-0.4, -0.2) is 5.66 Å². The first-order valence-electron chi connectivity index (χ1n) is 5.89. The highest BCUT2D eigenvalue weighted by atomic mass is 14.9. The van der Waals surface area contributed by atoms with Crippen LogP contribution in [0.3, 0.4) is 0 Å². The second kappa shape index (κ2) is 6.46. The Labute approximate surface area is 98.3 Å². The second-order valence-corrected chi connectivity index (χ2v) is 4.41. The lowest BCUT2D eigenvalue weighted by atomic mass is 9.91. The van der Waals surface area contributed by atoms with E-state index in [1.54, 1.807) is 0 Å². The Hall–Kier alpha value is -1.12. The van der Waals surface area contributed by atoms with Gasteiger partial charge in [0.2, 0.25) is 0 Å². The number of hydrogen-bond donors (Lipinski definition) is 2. The molecule has 0 spiro atoms.